The fourth-order valence-electron chi connectivity index (χ4n) is 3.67. The standard InChI is InChI=1S/C19H28ClF/c1-4-5-6-15-7-9-16(10-8-15)18(20)17-11-13(2)19(21)14(3)12-17/h11-12,15-16,18H,4-10H2,1-3H3. The molecule has 0 amide bonds. The number of unbranched alkanes of at least 4 members (excludes halogenated alkanes) is 1. The molecule has 0 radical (unpaired) electrons. The van der Waals surface area contributed by atoms with E-state index in [-0.39, 0.29) is 11.2 Å². The van der Waals surface area contributed by atoms with Gasteiger partial charge in [0.1, 0.15) is 5.82 Å². The molecule has 1 aliphatic carbocycles. The molecule has 118 valence electrons. The van der Waals surface area contributed by atoms with E-state index in [1.807, 2.05) is 26.0 Å². The average Bonchev–Trinajstić information content (AvgIpc) is 2.50. The van der Waals surface area contributed by atoms with Crippen LogP contribution in [0.5, 0.6) is 0 Å². The van der Waals surface area contributed by atoms with E-state index >= 15 is 0 Å². The van der Waals surface area contributed by atoms with E-state index in [2.05, 4.69) is 6.92 Å². The fourth-order valence-corrected chi connectivity index (χ4v) is 4.05. The van der Waals surface area contributed by atoms with Crippen LogP contribution in [0.2, 0.25) is 0 Å². The molecule has 1 unspecified atom stereocenters. The predicted molar refractivity (Wildman–Crippen MR) is 89.4 cm³/mol. The van der Waals surface area contributed by atoms with E-state index in [4.69, 9.17) is 11.6 Å². The normalized spacial score (nSPS) is 24.0. The Morgan fingerprint density at radius 1 is 1.14 bits per heavy atom. The smallest absolute Gasteiger partial charge is 0.129 e. The van der Waals surface area contributed by atoms with Crippen LogP contribution in [0.4, 0.5) is 4.39 Å². The van der Waals surface area contributed by atoms with Crippen molar-refractivity contribution in [3.8, 4) is 0 Å². The van der Waals surface area contributed by atoms with Gasteiger partial charge in [-0.3, -0.25) is 0 Å². The summed E-state index contributed by atoms with van der Waals surface area (Å²) >= 11 is 6.71. The molecule has 0 saturated heterocycles. The van der Waals surface area contributed by atoms with Crippen LogP contribution in [-0.2, 0) is 0 Å². The number of rotatable bonds is 5. The molecule has 0 nitrogen and oxygen atoms in total. The topological polar surface area (TPSA) is 0 Å². The van der Waals surface area contributed by atoms with Crippen LogP contribution in [-0.4, -0.2) is 0 Å². The third-order valence-corrected chi connectivity index (χ3v) is 5.66. The molecule has 0 heterocycles. The number of hydrogen-bond acceptors (Lipinski definition) is 0. The van der Waals surface area contributed by atoms with Crippen molar-refractivity contribution in [1.29, 1.82) is 0 Å². The van der Waals surface area contributed by atoms with E-state index in [9.17, 15) is 4.39 Å². The highest BCUT2D eigenvalue weighted by Crippen LogP contribution is 2.42. The average molecular weight is 311 g/mol. The zero-order valence-electron chi connectivity index (χ0n) is 13.6. The van der Waals surface area contributed by atoms with Crippen molar-refractivity contribution in [2.75, 3.05) is 0 Å². The molecule has 2 rings (SSSR count). The quantitative estimate of drug-likeness (QED) is 0.529. The van der Waals surface area contributed by atoms with E-state index < -0.39 is 0 Å². The highest BCUT2D eigenvalue weighted by atomic mass is 35.5. The van der Waals surface area contributed by atoms with Gasteiger partial charge in [-0.15, -0.1) is 11.6 Å². The van der Waals surface area contributed by atoms with Crippen molar-refractivity contribution in [3.05, 3.63) is 34.6 Å². The van der Waals surface area contributed by atoms with Gasteiger partial charge < -0.3 is 0 Å². The van der Waals surface area contributed by atoms with Crippen LogP contribution < -0.4 is 0 Å². The summed E-state index contributed by atoms with van der Waals surface area (Å²) in [4.78, 5) is 0. The van der Waals surface area contributed by atoms with Crippen LogP contribution >= 0.6 is 11.6 Å². The molecule has 0 N–H and O–H groups in total. The second-order valence-electron chi connectivity index (χ2n) is 6.79. The van der Waals surface area contributed by atoms with Crippen LogP contribution in [0.3, 0.4) is 0 Å². The second-order valence-corrected chi connectivity index (χ2v) is 7.26. The maximum atomic E-state index is 13.7. The van der Waals surface area contributed by atoms with E-state index in [1.165, 1.54) is 44.9 Å². The van der Waals surface area contributed by atoms with E-state index in [1.54, 1.807) is 0 Å². The van der Waals surface area contributed by atoms with Crippen molar-refractivity contribution in [2.45, 2.75) is 71.1 Å². The molecule has 0 bridgehead atoms. The lowest BCUT2D eigenvalue weighted by molar-refractivity contribution is 0.254. The van der Waals surface area contributed by atoms with Crippen LogP contribution in [0.15, 0.2) is 12.1 Å². The Kier molecular flexibility index (Phi) is 6.10. The van der Waals surface area contributed by atoms with Gasteiger partial charge in [0.05, 0.1) is 5.38 Å². The summed E-state index contributed by atoms with van der Waals surface area (Å²) in [6.45, 7) is 5.92. The first-order chi connectivity index (χ1) is 10.0. The summed E-state index contributed by atoms with van der Waals surface area (Å²) in [6.07, 6.45) is 9.10. The van der Waals surface area contributed by atoms with Gasteiger partial charge in [-0.2, -0.15) is 0 Å². The molecular weight excluding hydrogens is 283 g/mol. The third-order valence-electron chi connectivity index (χ3n) is 5.05. The Morgan fingerprint density at radius 2 is 1.71 bits per heavy atom. The lowest BCUT2D eigenvalue weighted by Gasteiger charge is -2.31. The minimum atomic E-state index is -0.0918. The SMILES string of the molecule is CCCCC1CCC(C(Cl)c2cc(C)c(F)c(C)c2)CC1. The van der Waals surface area contributed by atoms with Crippen LogP contribution in [0.25, 0.3) is 0 Å². The Hall–Kier alpha value is -0.560. The number of halogens is 2. The van der Waals surface area contributed by atoms with Crippen LogP contribution in [0.1, 0.15) is 73.9 Å². The first-order valence-corrected chi connectivity index (χ1v) is 8.87. The molecule has 1 aromatic rings. The summed E-state index contributed by atoms with van der Waals surface area (Å²) in [7, 11) is 0. The van der Waals surface area contributed by atoms with E-state index in [0.717, 1.165) is 11.5 Å². The number of benzene rings is 1. The summed E-state index contributed by atoms with van der Waals surface area (Å²) in [5.41, 5.74) is 2.53. The molecule has 1 aromatic carbocycles. The molecule has 0 aliphatic heterocycles. The Morgan fingerprint density at radius 3 is 2.24 bits per heavy atom. The van der Waals surface area contributed by atoms with E-state index in [0.29, 0.717) is 17.0 Å². The molecular formula is C19H28ClF. The molecule has 21 heavy (non-hydrogen) atoms. The lowest BCUT2D eigenvalue weighted by Crippen LogP contribution is -2.18. The van der Waals surface area contributed by atoms with Gasteiger partial charge in [-0.25, -0.2) is 4.39 Å². The van der Waals surface area contributed by atoms with Crippen LogP contribution in [0, 0.1) is 31.5 Å². The minimum Gasteiger partial charge on any atom is -0.206 e. The maximum Gasteiger partial charge on any atom is 0.129 e. The Labute approximate surface area is 134 Å². The van der Waals surface area contributed by atoms with Gasteiger partial charge in [0.15, 0.2) is 0 Å². The van der Waals surface area contributed by atoms with Gasteiger partial charge in [-0.1, -0.05) is 51.2 Å². The van der Waals surface area contributed by atoms with Crippen molar-refractivity contribution < 1.29 is 4.39 Å². The maximum absolute atomic E-state index is 13.7. The van der Waals surface area contributed by atoms with Crippen molar-refractivity contribution >= 4 is 11.6 Å². The molecule has 0 spiro atoms. The Balaban J connectivity index is 1.97. The number of alkyl halides is 1. The summed E-state index contributed by atoms with van der Waals surface area (Å²) in [6, 6.07) is 3.87. The molecule has 1 saturated carbocycles. The monoisotopic (exact) mass is 310 g/mol. The second kappa shape index (κ2) is 7.63. The van der Waals surface area contributed by atoms with Crippen molar-refractivity contribution in [2.24, 2.45) is 11.8 Å². The largest absolute Gasteiger partial charge is 0.206 e. The zero-order valence-corrected chi connectivity index (χ0v) is 14.3. The van der Waals surface area contributed by atoms with Crippen molar-refractivity contribution in [3.63, 3.8) is 0 Å². The summed E-state index contributed by atoms with van der Waals surface area (Å²) < 4.78 is 13.7. The summed E-state index contributed by atoms with van der Waals surface area (Å²) in [5, 5.41) is 0.0372. The molecule has 2 heteroatoms. The number of aryl methyl sites for hydroxylation is 2. The minimum absolute atomic E-state index is 0.0372. The van der Waals surface area contributed by atoms with Gasteiger partial charge in [0, 0.05) is 0 Å². The zero-order chi connectivity index (χ0) is 15.4. The highest BCUT2D eigenvalue weighted by Gasteiger charge is 2.27. The van der Waals surface area contributed by atoms with Gasteiger partial charge in [-0.05, 0) is 55.2 Å². The first-order valence-electron chi connectivity index (χ1n) is 8.43. The molecule has 1 atom stereocenters. The summed E-state index contributed by atoms with van der Waals surface area (Å²) in [5.74, 6) is 1.36. The number of hydrogen-bond donors (Lipinski definition) is 0. The molecule has 1 fully saturated rings. The molecule has 1 aliphatic rings. The van der Waals surface area contributed by atoms with Gasteiger partial charge >= 0.3 is 0 Å². The molecule has 0 aromatic heterocycles. The van der Waals surface area contributed by atoms with Crippen molar-refractivity contribution in [1.82, 2.24) is 0 Å². The first kappa shape index (κ1) is 16.8. The predicted octanol–water partition coefficient (Wildman–Crippen LogP) is 6.72. The Bertz CT molecular complexity index is 438. The highest BCUT2D eigenvalue weighted by molar-refractivity contribution is 6.21. The fraction of sp³-hybridized carbons (Fsp3) is 0.684. The van der Waals surface area contributed by atoms with Gasteiger partial charge in [0.2, 0.25) is 0 Å². The van der Waals surface area contributed by atoms with Gasteiger partial charge in [0.25, 0.3) is 0 Å². The third kappa shape index (κ3) is 4.22. The lowest BCUT2D eigenvalue weighted by atomic mass is 9.77.